The van der Waals surface area contributed by atoms with Crippen LogP contribution in [-0.4, -0.2) is 34.5 Å². The standard InChI is InChI=1S/C15H20N4O/c1-19(13(8-16)10-6-7-10)9-14-17-12-5-3-2-4-11(12)15(20)18-14/h2-5,10,13H,6-9,16H2,1H3,(H,17,18,20). The zero-order valence-electron chi connectivity index (χ0n) is 11.7. The van der Waals surface area contributed by atoms with E-state index in [4.69, 9.17) is 5.73 Å². The van der Waals surface area contributed by atoms with E-state index >= 15 is 0 Å². The van der Waals surface area contributed by atoms with E-state index in [1.165, 1.54) is 12.8 Å². The number of nitrogens with two attached hydrogens (primary N) is 1. The Labute approximate surface area is 117 Å². The predicted octanol–water partition coefficient (Wildman–Crippen LogP) is 1.09. The summed E-state index contributed by atoms with van der Waals surface area (Å²) in [7, 11) is 2.05. The number of benzene rings is 1. The molecule has 0 amide bonds. The molecule has 1 unspecified atom stereocenters. The van der Waals surface area contributed by atoms with Gasteiger partial charge in [0.05, 0.1) is 17.4 Å². The first-order valence-electron chi connectivity index (χ1n) is 7.07. The van der Waals surface area contributed by atoms with Gasteiger partial charge in [-0.15, -0.1) is 0 Å². The van der Waals surface area contributed by atoms with Crippen LogP contribution in [0.25, 0.3) is 10.9 Å². The highest BCUT2D eigenvalue weighted by atomic mass is 16.1. The lowest BCUT2D eigenvalue weighted by Gasteiger charge is -2.26. The van der Waals surface area contributed by atoms with Crippen LogP contribution in [0.4, 0.5) is 0 Å². The van der Waals surface area contributed by atoms with E-state index < -0.39 is 0 Å². The normalized spacial score (nSPS) is 16.8. The van der Waals surface area contributed by atoms with Crippen molar-refractivity contribution >= 4 is 10.9 Å². The molecule has 2 aromatic rings. The third kappa shape index (κ3) is 2.59. The van der Waals surface area contributed by atoms with Gasteiger partial charge >= 0.3 is 0 Å². The molecule has 5 nitrogen and oxygen atoms in total. The number of hydrogen-bond acceptors (Lipinski definition) is 4. The number of aromatic nitrogens is 2. The minimum atomic E-state index is -0.0743. The summed E-state index contributed by atoms with van der Waals surface area (Å²) in [4.78, 5) is 21.6. The van der Waals surface area contributed by atoms with E-state index in [9.17, 15) is 4.79 Å². The maximum absolute atomic E-state index is 12.0. The molecule has 1 heterocycles. The van der Waals surface area contributed by atoms with Crippen LogP contribution in [0, 0.1) is 5.92 Å². The lowest BCUT2D eigenvalue weighted by molar-refractivity contribution is 0.211. The van der Waals surface area contributed by atoms with E-state index in [2.05, 4.69) is 14.9 Å². The summed E-state index contributed by atoms with van der Waals surface area (Å²) < 4.78 is 0. The maximum Gasteiger partial charge on any atom is 0.258 e. The molecule has 0 aliphatic heterocycles. The number of nitrogens with one attached hydrogen (secondary N) is 1. The highest BCUT2D eigenvalue weighted by Crippen LogP contribution is 2.34. The Bertz CT molecular complexity index is 662. The molecule has 3 N–H and O–H groups in total. The number of rotatable bonds is 5. The van der Waals surface area contributed by atoms with Crippen molar-refractivity contribution in [1.29, 1.82) is 0 Å². The molecule has 0 radical (unpaired) electrons. The van der Waals surface area contributed by atoms with Gasteiger partial charge in [0.1, 0.15) is 5.82 Å². The first-order chi connectivity index (χ1) is 9.69. The summed E-state index contributed by atoms with van der Waals surface area (Å²) in [5.74, 6) is 1.41. The van der Waals surface area contributed by atoms with Gasteiger partial charge < -0.3 is 10.7 Å². The molecule has 1 aliphatic rings. The number of H-pyrrole nitrogens is 1. The molecule has 1 aromatic heterocycles. The molecule has 5 heteroatoms. The fourth-order valence-electron chi connectivity index (χ4n) is 2.78. The molecule has 3 rings (SSSR count). The van der Waals surface area contributed by atoms with Gasteiger partial charge in [-0.3, -0.25) is 9.69 Å². The average Bonchev–Trinajstić information content (AvgIpc) is 3.24. The smallest absolute Gasteiger partial charge is 0.258 e. The van der Waals surface area contributed by atoms with Gasteiger partial charge in [-0.25, -0.2) is 4.98 Å². The van der Waals surface area contributed by atoms with Crippen LogP contribution < -0.4 is 11.3 Å². The minimum Gasteiger partial charge on any atom is -0.329 e. The van der Waals surface area contributed by atoms with Gasteiger partial charge in [0.2, 0.25) is 0 Å². The van der Waals surface area contributed by atoms with Crippen LogP contribution in [0.5, 0.6) is 0 Å². The summed E-state index contributed by atoms with van der Waals surface area (Å²) in [5.41, 5.74) is 6.53. The van der Waals surface area contributed by atoms with Crippen LogP contribution in [0.2, 0.25) is 0 Å². The topological polar surface area (TPSA) is 75.0 Å². The zero-order valence-corrected chi connectivity index (χ0v) is 11.7. The molecule has 1 aromatic carbocycles. The third-order valence-corrected chi connectivity index (χ3v) is 4.03. The highest BCUT2D eigenvalue weighted by molar-refractivity contribution is 5.77. The maximum atomic E-state index is 12.0. The van der Waals surface area contributed by atoms with E-state index in [-0.39, 0.29) is 5.56 Å². The van der Waals surface area contributed by atoms with E-state index in [1.54, 1.807) is 6.07 Å². The minimum absolute atomic E-state index is 0.0743. The second-order valence-electron chi connectivity index (χ2n) is 5.59. The largest absolute Gasteiger partial charge is 0.329 e. The molecule has 1 saturated carbocycles. The fourth-order valence-corrected chi connectivity index (χ4v) is 2.78. The lowest BCUT2D eigenvalue weighted by atomic mass is 10.1. The number of fused-ring (bicyclic) bond motifs is 1. The number of para-hydroxylation sites is 1. The van der Waals surface area contributed by atoms with Gasteiger partial charge in [-0.1, -0.05) is 12.1 Å². The molecule has 1 atom stereocenters. The molecule has 0 saturated heterocycles. The third-order valence-electron chi connectivity index (χ3n) is 4.03. The molecule has 1 aliphatic carbocycles. The van der Waals surface area contributed by atoms with Crippen LogP contribution in [0.1, 0.15) is 18.7 Å². The Hall–Kier alpha value is -1.72. The number of hydrogen-bond donors (Lipinski definition) is 2. The number of aromatic amines is 1. The Balaban J connectivity index is 1.85. The van der Waals surface area contributed by atoms with Gasteiger partial charge in [0.15, 0.2) is 0 Å². The lowest BCUT2D eigenvalue weighted by Crippen LogP contribution is -2.39. The molecular weight excluding hydrogens is 252 g/mol. The van der Waals surface area contributed by atoms with Gasteiger partial charge in [0.25, 0.3) is 5.56 Å². The summed E-state index contributed by atoms with van der Waals surface area (Å²) in [6.45, 7) is 1.28. The predicted molar refractivity (Wildman–Crippen MR) is 79.4 cm³/mol. The van der Waals surface area contributed by atoms with Crippen molar-refractivity contribution in [3.8, 4) is 0 Å². The number of nitrogens with zero attached hydrogens (tertiary/aromatic N) is 2. The monoisotopic (exact) mass is 272 g/mol. The van der Waals surface area contributed by atoms with Crippen molar-refractivity contribution in [2.45, 2.75) is 25.4 Å². The van der Waals surface area contributed by atoms with Crippen molar-refractivity contribution < 1.29 is 0 Å². The molecule has 1 fully saturated rings. The first-order valence-corrected chi connectivity index (χ1v) is 7.07. The van der Waals surface area contributed by atoms with Crippen LogP contribution in [0.15, 0.2) is 29.1 Å². The molecule has 0 bridgehead atoms. The quantitative estimate of drug-likeness (QED) is 0.854. The highest BCUT2D eigenvalue weighted by Gasteiger charge is 2.32. The van der Waals surface area contributed by atoms with Crippen LogP contribution >= 0.6 is 0 Å². The Morgan fingerprint density at radius 1 is 1.45 bits per heavy atom. The Kier molecular flexibility index (Phi) is 3.54. The SMILES string of the molecule is CN(Cc1nc2ccccc2c(=O)[nH]1)C(CN)C1CC1. The van der Waals surface area contributed by atoms with Crippen molar-refractivity contribution in [2.75, 3.05) is 13.6 Å². The number of likely N-dealkylation sites (N-methyl/N-ethyl adjacent to an activating group) is 1. The summed E-state index contributed by atoms with van der Waals surface area (Å²) in [6.07, 6.45) is 2.52. The van der Waals surface area contributed by atoms with Crippen molar-refractivity contribution in [3.63, 3.8) is 0 Å². The second-order valence-corrected chi connectivity index (χ2v) is 5.59. The van der Waals surface area contributed by atoms with Crippen LogP contribution in [-0.2, 0) is 6.54 Å². The van der Waals surface area contributed by atoms with Crippen molar-refractivity contribution in [2.24, 2.45) is 11.7 Å². The van der Waals surface area contributed by atoms with E-state index in [0.29, 0.717) is 36.3 Å². The molecular formula is C15H20N4O. The summed E-state index contributed by atoms with van der Waals surface area (Å²) in [5, 5.41) is 0.636. The molecule has 20 heavy (non-hydrogen) atoms. The second kappa shape index (κ2) is 5.34. The van der Waals surface area contributed by atoms with Crippen molar-refractivity contribution in [3.05, 3.63) is 40.4 Å². The zero-order chi connectivity index (χ0) is 14.1. The van der Waals surface area contributed by atoms with E-state index in [0.717, 1.165) is 5.52 Å². The fraction of sp³-hybridized carbons (Fsp3) is 0.467. The average molecular weight is 272 g/mol. The van der Waals surface area contributed by atoms with Crippen molar-refractivity contribution in [1.82, 2.24) is 14.9 Å². The van der Waals surface area contributed by atoms with Crippen LogP contribution in [0.3, 0.4) is 0 Å². The summed E-state index contributed by atoms with van der Waals surface area (Å²) in [6, 6.07) is 7.79. The van der Waals surface area contributed by atoms with Gasteiger partial charge in [-0.05, 0) is 37.9 Å². The van der Waals surface area contributed by atoms with E-state index in [1.807, 2.05) is 25.2 Å². The molecule has 106 valence electrons. The summed E-state index contributed by atoms with van der Waals surface area (Å²) >= 11 is 0. The first kappa shape index (κ1) is 13.3. The Morgan fingerprint density at radius 2 is 2.20 bits per heavy atom. The van der Waals surface area contributed by atoms with Gasteiger partial charge in [0, 0.05) is 12.6 Å². The van der Waals surface area contributed by atoms with Gasteiger partial charge in [-0.2, -0.15) is 0 Å². The Morgan fingerprint density at radius 3 is 2.90 bits per heavy atom. The molecule has 0 spiro atoms.